The number of fused-ring (bicyclic) bond motifs is 2. The molecule has 7 nitrogen and oxygen atoms in total. The molecule has 4 rings (SSSR count). The van der Waals surface area contributed by atoms with E-state index in [0.29, 0.717) is 28.4 Å². The highest BCUT2D eigenvalue weighted by Gasteiger charge is 2.22. The Morgan fingerprint density at radius 2 is 1.87 bits per heavy atom. The van der Waals surface area contributed by atoms with Gasteiger partial charge in [0.25, 0.3) is 10.0 Å². The zero-order valence-corrected chi connectivity index (χ0v) is 12.6. The minimum atomic E-state index is -3.76. The topological polar surface area (TPSA) is 93.7 Å². The number of anilines is 2. The van der Waals surface area contributed by atoms with Crippen LogP contribution in [0.4, 0.5) is 11.4 Å². The lowest BCUT2D eigenvalue weighted by Crippen LogP contribution is -2.13. The molecule has 118 valence electrons. The van der Waals surface area contributed by atoms with E-state index >= 15 is 0 Å². The third kappa shape index (κ3) is 2.46. The van der Waals surface area contributed by atoms with Crippen molar-refractivity contribution in [2.45, 2.75) is 11.3 Å². The van der Waals surface area contributed by atoms with Crippen LogP contribution in [0.2, 0.25) is 0 Å². The molecule has 0 spiro atoms. The maximum atomic E-state index is 12.5. The van der Waals surface area contributed by atoms with E-state index in [9.17, 15) is 13.2 Å². The maximum Gasteiger partial charge on any atom is 0.261 e. The highest BCUT2D eigenvalue weighted by atomic mass is 32.2. The van der Waals surface area contributed by atoms with E-state index in [2.05, 4.69) is 10.0 Å². The summed E-state index contributed by atoms with van der Waals surface area (Å²) in [6.07, 6.45) is 0.183. The van der Waals surface area contributed by atoms with Crippen LogP contribution in [0.5, 0.6) is 11.5 Å². The molecule has 0 unspecified atom stereocenters. The van der Waals surface area contributed by atoms with Crippen LogP contribution in [0, 0.1) is 0 Å². The Morgan fingerprint density at radius 3 is 2.74 bits per heavy atom. The number of sulfonamides is 1. The fourth-order valence-electron chi connectivity index (χ4n) is 2.55. The first kappa shape index (κ1) is 13.9. The van der Waals surface area contributed by atoms with Crippen molar-refractivity contribution in [1.29, 1.82) is 0 Å². The minimum Gasteiger partial charge on any atom is -0.454 e. The largest absolute Gasteiger partial charge is 0.454 e. The Balaban J connectivity index is 1.63. The zero-order chi connectivity index (χ0) is 16.0. The van der Waals surface area contributed by atoms with E-state index in [0.717, 1.165) is 0 Å². The van der Waals surface area contributed by atoms with Gasteiger partial charge in [-0.15, -0.1) is 0 Å². The maximum absolute atomic E-state index is 12.5. The molecule has 0 fully saturated rings. The fourth-order valence-corrected chi connectivity index (χ4v) is 3.65. The molecule has 0 atom stereocenters. The number of carbonyl (C=O) groups is 1. The molecule has 8 heteroatoms. The molecular formula is C15H12N2O5S. The first-order valence-corrected chi connectivity index (χ1v) is 8.35. The van der Waals surface area contributed by atoms with Crippen LogP contribution in [0.25, 0.3) is 0 Å². The second-order valence-electron chi connectivity index (χ2n) is 5.22. The van der Waals surface area contributed by atoms with Crippen LogP contribution in [-0.4, -0.2) is 21.1 Å². The van der Waals surface area contributed by atoms with E-state index in [-0.39, 0.29) is 24.0 Å². The van der Waals surface area contributed by atoms with Crippen LogP contribution in [0.15, 0.2) is 41.3 Å². The lowest BCUT2D eigenvalue weighted by atomic mass is 10.2. The SMILES string of the molecule is O=C1Cc2cc(S(=O)(=O)Nc3ccc4c(c3)OCO4)ccc2N1. The molecule has 1 amide bonds. The van der Waals surface area contributed by atoms with E-state index in [1.54, 1.807) is 24.3 Å². The van der Waals surface area contributed by atoms with Gasteiger partial charge in [-0.3, -0.25) is 9.52 Å². The summed E-state index contributed by atoms with van der Waals surface area (Å²) in [6, 6.07) is 9.37. The molecule has 2 aromatic carbocycles. The van der Waals surface area contributed by atoms with E-state index < -0.39 is 10.0 Å². The number of amides is 1. The number of hydrogen-bond donors (Lipinski definition) is 2. The van der Waals surface area contributed by atoms with Gasteiger partial charge in [-0.2, -0.15) is 0 Å². The van der Waals surface area contributed by atoms with Crippen LogP contribution >= 0.6 is 0 Å². The normalized spacial score (nSPS) is 15.2. The van der Waals surface area contributed by atoms with Gasteiger partial charge in [-0.05, 0) is 35.9 Å². The Kier molecular flexibility index (Phi) is 2.95. The van der Waals surface area contributed by atoms with Crippen molar-refractivity contribution < 1.29 is 22.7 Å². The summed E-state index contributed by atoms with van der Waals surface area (Å²) in [5.74, 6) is 0.933. The average molecular weight is 332 g/mol. The standard InChI is InChI=1S/C15H12N2O5S/c18-15-6-9-5-11(2-3-12(9)16-15)23(19,20)17-10-1-4-13-14(7-10)22-8-21-13/h1-5,7,17H,6,8H2,(H,16,18). The monoisotopic (exact) mass is 332 g/mol. The third-order valence-corrected chi connectivity index (χ3v) is 5.02. The Morgan fingerprint density at radius 1 is 1.04 bits per heavy atom. The van der Waals surface area contributed by atoms with Crippen LogP contribution in [-0.2, 0) is 21.2 Å². The van der Waals surface area contributed by atoms with Gasteiger partial charge < -0.3 is 14.8 Å². The highest BCUT2D eigenvalue weighted by molar-refractivity contribution is 7.92. The highest BCUT2D eigenvalue weighted by Crippen LogP contribution is 2.35. The molecule has 0 aromatic heterocycles. The summed E-state index contributed by atoms with van der Waals surface area (Å²) < 4.78 is 37.9. The number of rotatable bonds is 3. The van der Waals surface area contributed by atoms with Crippen LogP contribution < -0.4 is 19.5 Å². The summed E-state index contributed by atoms with van der Waals surface area (Å²) in [6.45, 7) is 0.122. The van der Waals surface area contributed by atoms with E-state index in [4.69, 9.17) is 9.47 Å². The molecule has 2 N–H and O–H groups in total. The van der Waals surface area contributed by atoms with Crippen LogP contribution in [0.3, 0.4) is 0 Å². The second kappa shape index (κ2) is 4.88. The molecule has 2 aliphatic rings. The van der Waals surface area contributed by atoms with Gasteiger partial charge in [-0.25, -0.2) is 8.42 Å². The molecule has 23 heavy (non-hydrogen) atoms. The zero-order valence-electron chi connectivity index (χ0n) is 11.8. The summed E-state index contributed by atoms with van der Waals surface area (Å²) in [7, 11) is -3.76. The fraction of sp³-hybridized carbons (Fsp3) is 0.133. The summed E-state index contributed by atoms with van der Waals surface area (Å²) in [5.41, 5.74) is 1.70. The first-order chi connectivity index (χ1) is 11.0. The lowest BCUT2D eigenvalue weighted by molar-refractivity contribution is -0.115. The van der Waals surface area contributed by atoms with Crippen molar-refractivity contribution in [2.75, 3.05) is 16.8 Å². The van der Waals surface area contributed by atoms with E-state index in [1.807, 2.05) is 0 Å². The molecule has 2 aromatic rings. The van der Waals surface area contributed by atoms with Gasteiger partial charge in [-0.1, -0.05) is 0 Å². The molecule has 2 heterocycles. The predicted octanol–water partition coefficient (Wildman–Crippen LogP) is 1.71. The van der Waals surface area contributed by atoms with Crippen molar-refractivity contribution in [2.24, 2.45) is 0 Å². The van der Waals surface area contributed by atoms with Crippen molar-refractivity contribution in [3.8, 4) is 11.5 Å². The summed E-state index contributed by atoms with van der Waals surface area (Å²) in [4.78, 5) is 11.5. The molecule has 2 aliphatic heterocycles. The smallest absolute Gasteiger partial charge is 0.261 e. The first-order valence-electron chi connectivity index (χ1n) is 6.86. The number of carbonyl (C=O) groups excluding carboxylic acids is 1. The van der Waals surface area contributed by atoms with Crippen molar-refractivity contribution in [3.05, 3.63) is 42.0 Å². The molecule has 0 saturated carbocycles. The molecule has 0 bridgehead atoms. The second-order valence-corrected chi connectivity index (χ2v) is 6.90. The number of benzene rings is 2. The van der Waals surface area contributed by atoms with Crippen molar-refractivity contribution in [3.63, 3.8) is 0 Å². The molecule has 0 aliphatic carbocycles. The Hall–Kier alpha value is -2.74. The average Bonchev–Trinajstić information content (AvgIpc) is 3.10. The van der Waals surface area contributed by atoms with Gasteiger partial charge in [0, 0.05) is 11.8 Å². The van der Waals surface area contributed by atoms with Gasteiger partial charge in [0.2, 0.25) is 12.7 Å². The number of ether oxygens (including phenoxy) is 2. The summed E-state index contributed by atoms with van der Waals surface area (Å²) >= 11 is 0. The molecular weight excluding hydrogens is 320 g/mol. The van der Waals surface area contributed by atoms with E-state index in [1.165, 1.54) is 12.1 Å². The Bertz CT molecular complexity index is 923. The lowest BCUT2D eigenvalue weighted by Gasteiger charge is -2.10. The molecule has 0 saturated heterocycles. The van der Waals surface area contributed by atoms with Gasteiger partial charge in [0.05, 0.1) is 17.0 Å². The number of hydrogen-bond acceptors (Lipinski definition) is 5. The van der Waals surface area contributed by atoms with Gasteiger partial charge >= 0.3 is 0 Å². The third-order valence-electron chi connectivity index (χ3n) is 3.64. The quantitative estimate of drug-likeness (QED) is 0.892. The number of nitrogens with one attached hydrogen (secondary N) is 2. The minimum absolute atomic E-state index is 0.102. The Labute approximate surface area is 132 Å². The summed E-state index contributed by atoms with van der Waals surface area (Å²) in [5, 5.41) is 2.67. The predicted molar refractivity (Wildman–Crippen MR) is 82.1 cm³/mol. The van der Waals surface area contributed by atoms with Crippen molar-refractivity contribution >= 4 is 27.3 Å². The molecule has 0 radical (unpaired) electrons. The van der Waals surface area contributed by atoms with Gasteiger partial charge in [0.15, 0.2) is 11.5 Å². The van der Waals surface area contributed by atoms with Gasteiger partial charge in [0.1, 0.15) is 0 Å². The van der Waals surface area contributed by atoms with Crippen molar-refractivity contribution in [1.82, 2.24) is 0 Å². The van der Waals surface area contributed by atoms with Crippen LogP contribution in [0.1, 0.15) is 5.56 Å².